The first-order chi connectivity index (χ1) is 12.9. The molecule has 134 valence electrons. The summed E-state index contributed by atoms with van der Waals surface area (Å²) in [5.41, 5.74) is 0.545. The maximum Gasteiger partial charge on any atom is 0.271 e. The first kappa shape index (κ1) is 19.9. The lowest BCUT2D eigenvalue weighted by Crippen LogP contribution is -2.13. The van der Waals surface area contributed by atoms with Crippen molar-refractivity contribution in [2.24, 2.45) is 0 Å². The number of carbonyl (C=O) groups excluding carboxylic acids is 1. The Kier molecular flexibility index (Phi) is 6.92. The molecule has 0 heterocycles. The van der Waals surface area contributed by atoms with Crippen LogP contribution in [0.3, 0.4) is 0 Å². The molecule has 2 aromatic rings. The van der Waals surface area contributed by atoms with Crippen LogP contribution < -0.4 is 10.1 Å². The lowest BCUT2D eigenvalue weighted by atomic mass is 10.1. The summed E-state index contributed by atoms with van der Waals surface area (Å²) in [5, 5.41) is 22.6. The molecule has 0 saturated carbocycles. The van der Waals surface area contributed by atoms with Crippen molar-refractivity contribution in [3.63, 3.8) is 0 Å². The summed E-state index contributed by atoms with van der Waals surface area (Å²) in [5.74, 6) is 2.31. The molecule has 0 aliphatic heterocycles. The largest absolute Gasteiger partial charge is 0.480 e. The number of nitriles is 1. The molecule has 2 aromatic carbocycles. The molecule has 2 rings (SSSR count). The first-order valence-corrected chi connectivity index (χ1v) is 8.56. The van der Waals surface area contributed by atoms with Crippen molar-refractivity contribution in [1.29, 1.82) is 5.26 Å². The van der Waals surface area contributed by atoms with Crippen molar-refractivity contribution in [2.45, 2.75) is 0 Å². The quantitative estimate of drug-likeness (QED) is 0.172. The monoisotopic (exact) mass is 473 g/mol. The number of nitro groups is 1. The van der Waals surface area contributed by atoms with Crippen LogP contribution in [0.1, 0.15) is 5.56 Å². The fraction of sp³-hybridized carbons (Fsp3) is 0.0526. The molecule has 8 heteroatoms. The van der Waals surface area contributed by atoms with Crippen molar-refractivity contribution >= 4 is 45.9 Å². The average Bonchev–Trinajstić information content (AvgIpc) is 2.65. The molecule has 1 amide bonds. The van der Waals surface area contributed by atoms with Crippen molar-refractivity contribution in [1.82, 2.24) is 0 Å². The van der Waals surface area contributed by atoms with Gasteiger partial charge in [0, 0.05) is 17.8 Å². The summed E-state index contributed by atoms with van der Waals surface area (Å²) in [4.78, 5) is 22.5. The van der Waals surface area contributed by atoms with E-state index in [9.17, 15) is 20.2 Å². The van der Waals surface area contributed by atoms with Gasteiger partial charge in [-0.25, -0.2) is 0 Å². The molecule has 0 unspecified atom stereocenters. The van der Waals surface area contributed by atoms with Gasteiger partial charge in [-0.2, -0.15) is 5.26 Å². The highest BCUT2D eigenvalue weighted by atomic mass is 127. The number of hydrogen-bond donors (Lipinski definition) is 1. The van der Waals surface area contributed by atoms with Crippen LogP contribution in [0.25, 0.3) is 6.08 Å². The Bertz CT molecular complexity index is 1000. The maximum atomic E-state index is 12.3. The van der Waals surface area contributed by atoms with Crippen molar-refractivity contribution in [3.05, 3.63) is 67.3 Å². The van der Waals surface area contributed by atoms with E-state index in [4.69, 9.17) is 11.2 Å². The van der Waals surface area contributed by atoms with Crippen LogP contribution in [0, 0.1) is 37.4 Å². The molecule has 0 bridgehead atoms. The van der Waals surface area contributed by atoms with Gasteiger partial charge in [-0.1, -0.05) is 18.1 Å². The van der Waals surface area contributed by atoms with Crippen LogP contribution in [0.15, 0.2) is 48.0 Å². The Hall–Kier alpha value is -3.37. The van der Waals surface area contributed by atoms with Gasteiger partial charge in [0.05, 0.1) is 8.49 Å². The molecule has 0 saturated heterocycles. The van der Waals surface area contributed by atoms with Gasteiger partial charge in [0.25, 0.3) is 11.6 Å². The second kappa shape index (κ2) is 9.36. The molecular weight excluding hydrogens is 461 g/mol. The molecule has 0 atom stereocenters. The predicted octanol–water partition coefficient (Wildman–Crippen LogP) is 3.76. The number of nitrogens with zero attached hydrogens (tertiary/aromatic N) is 2. The number of hydrogen-bond acceptors (Lipinski definition) is 5. The molecule has 0 aliphatic rings. The summed E-state index contributed by atoms with van der Waals surface area (Å²) in [6.45, 7) is 0.139. The third kappa shape index (κ3) is 5.56. The lowest BCUT2D eigenvalue weighted by molar-refractivity contribution is -0.384. The number of rotatable bonds is 6. The summed E-state index contributed by atoms with van der Waals surface area (Å²) in [6, 6.07) is 12.4. The van der Waals surface area contributed by atoms with Gasteiger partial charge in [0.2, 0.25) is 0 Å². The molecule has 1 N–H and O–H groups in total. The molecule has 0 spiro atoms. The molecular formula is C19H12IN3O4. The maximum absolute atomic E-state index is 12.3. The zero-order valence-corrected chi connectivity index (χ0v) is 16.0. The van der Waals surface area contributed by atoms with E-state index < -0.39 is 10.8 Å². The van der Waals surface area contributed by atoms with E-state index in [1.807, 2.05) is 6.07 Å². The predicted molar refractivity (Wildman–Crippen MR) is 109 cm³/mol. The van der Waals surface area contributed by atoms with Crippen LogP contribution in [0.2, 0.25) is 0 Å². The first-order valence-electron chi connectivity index (χ1n) is 7.48. The van der Waals surface area contributed by atoms with Gasteiger partial charge in [-0.05, 0) is 52.4 Å². The minimum atomic E-state index is -0.666. The number of nitrogens with one attached hydrogen (secondary N) is 1. The van der Waals surface area contributed by atoms with E-state index in [-0.39, 0.29) is 23.6 Å². The number of non-ortho nitro benzene ring substituents is 1. The van der Waals surface area contributed by atoms with Crippen LogP contribution >= 0.6 is 22.6 Å². The minimum absolute atomic E-state index is 0.139. The number of benzene rings is 2. The Labute approximate surface area is 168 Å². The molecule has 0 fully saturated rings. The number of nitro benzene ring substituents is 1. The second-order valence-electron chi connectivity index (χ2n) is 5.11. The molecule has 7 nitrogen and oxygen atoms in total. The zero-order chi connectivity index (χ0) is 19.8. The summed E-state index contributed by atoms with van der Waals surface area (Å²) < 4.78 is 6.14. The van der Waals surface area contributed by atoms with Crippen molar-refractivity contribution in [2.75, 3.05) is 11.9 Å². The van der Waals surface area contributed by atoms with E-state index in [1.54, 1.807) is 18.2 Å². The minimum Gasteiger partial charge on any atom is -0.480 e. The van der Waals surface area contributed by atoms with Gasteiger partial charge in [0.1, 0.15) is 24.0 Å². The van der Waals surface area contributed by atoms with Gasteiger partial charge >= 0.3 is 0 Å². The van der Waals surface area contributed by atoms with E-state index in [0.717, 1.165) is 3.57 Å². The Morgan fingerprint density at radius 3 is 2.78 bits per heavy atom. The van der Waals surface area contributed by atoms with E-state index >= 15 is 0 Å². The highest BCUT2D eigenvalue weighted by molar-refractivity contribution is 14.1. The van der Waals surface area contributed by atoms with Crippen molar-refractivity contribution in [3.8, 4) is 24.2 Å². The van der Waals surface area contributed by atoms with Gasteiger partial charge < -0.3 is 10.1 Å². The van der Waals surface area contributed by atoms with Crippen molar-refractivity contribution < 1.29 is 14.5 Å². The molecule has 0 radical (unpaired) electrons. The summed E-state index contributed by atoms with van der Waals surface area (Å²) in [6.07, 6.45) is 6.57. The number of halogens is 1. The highest BCUT2D eigenvalue weighted by Gasteiger charge is 2.12. The molecule has 0 aliphatic carbocycles. The number of carbonyl (C=O) groups is 1. The zero-order valence-electron chi connectivity index (χ0n) is 13.8. The Morgan fingerprint density at radius 1 is 1.37 bits per heavy atom. The van der Waals surface area contributed by atoms with E-state index in [1.165, 1.54) is 30.3 Å². The summed E-state index contributed by atoms with van der Waals surface area (Å²) in [7, 11) is 0. The average molecular weight is 473 g/mol. The SMILES string of the molecule is C#CCOc1ccc(/C=C(\C#N)C(=O)Nc2cccc([N+](=O)[O-])c2)cc1I. The smallest absolute Gasteiger partial charge is 0.271 e. The third-order valence-electron chi connectivity index (χ3n) is 3.26. The van der Waals surface area contributed by atoms with Crippen LogP contribution in [-0.2, 0) is 4.79 Å². The molecule has 0 aromatic heterocycles. The standard InChI is InChI=1S/C19H12IN3O4/c1-2-8-27-18-7-6-13(10-17(18)20)9-14(12-21)19(24)22-15-4-3-5-16(11-15)23(25)26/h1,3-7,9-11H,8H2,(H,22,24)/b14-9+. The number of anilines is 1. The van der Waals surface area contributed by atoms with E-state index in [0.29, 0.717) is 11.3 Å². The molecule has 27 heavy (non-hydrogen) atoms. The second-order valence-corrected chi connectivity index (χ2v) is 6.28. The number of terminal acetylenes is 1. The van der Waals surface area contributed by atoms with Gasteiger partial charge in [-0.3, -0.25) is 14.9 Å². The van der Waals surface area contributed by atoms with E-state index in [2.05, 4.69) is 33.8 Å². The Balaban J connectivity index is 2.20. The number of ether oxygens (including phenoxy) is 1. The normalized spacial score (nSPS) is 10.4. The lowest BCUT2D eigenvalue weighted by Gasteiger charge is -2.07. The topological polar surface area (TPSA) is 105 Å². The van der Waals surface area contributed by atoms with Crippen LogP contribution in [0.5, 0.6) is 5.75 Å². The fourth-order valence-electron chi connectivity index (χ4n) is 2.05. The van der Waals surface area contributed by atoms with Crippen LogP contribution in [-0.4, -0.2) is 17.4 Å². The van der Waals surface area contributed by atoms with Crippen LogP contribution in [0.4, 0.5) is 11.4 Å². The number of amides is 1. The van der Waals surface area contributed by atoms with Gasteiger partial charge in [-0.15, -0.1) is 6.42 Å². The summed E-state index contributed by atoms with van der Waals surface area (Å²) >= 11 is 2.06. The van der Waals surface area contributed by atoms with Gasteiger partial charge in [0.15, 0.2) is 0 Å². The Morgan fingerprint density at radius 2 is 2.15 bits per heavy atom. The fourth-order valence-corrected chi connectivity index (χ4v) is 2.75. The third-order valence-corrected chi connectivity index (χ3v) is 4.10. The highest BCUT2D eigenvalue weighted by Crippen LogP contribution is 2.24.